The van der Waals surface area contributed by atoms with Crippen LogP contribution in [0.5, 0.6) is 0 Å². The molecule has 0 fully saturated rings. The molecule has 1 N–H and O–H groups in total. The molecule has 0 aliphatic rings. The molecule has 0 atom stereocenters. The molecule has 3 heteroatoms. The fourth-order valence-electron chi connectivity index (χ4n) is 0.909. The summed E-state index contributed by atoms with van der Waals surface area (Å²) in [6, 6.07) is 5.36. The van der Waals surface area contributed by atoms with E-state index in [0.717, 1.165) is 4.47 Å². The lowest BCUT2D eigenvalue weighted by atomic mass is 10.1. The maximum atomic E-state index is 9.16. The lowest BCUT2D eigenvalue weighted by Crippen LogP contribution is -1.82. The Kier molecular flexibility index (Phi) is 2.65. The maximum absolute atomic E-state index is 9.16. The first-order valence-corrected chi connectivity index (χ1v) is 4.09. The van der Waals surface area contributed by atoms with Gasteiger partial charge in [-0.05, 0) is 34.8 Å². The molecule has 62 valence electrons. The lowest BCUT2D eigenvalue weighted by Gasteiger charge is -2.04. The van der Waals surface area contributed by atoms with Crippen molar-refractivity contribution in [3.8, 4) is 0 Å². The molecule has 0 radical (unpaired) electrons. The molecular formula is C9H8BrNO. The molecule has 0 aromatic heterocycles. The number of para-hydroxylation sites is 1. The fraction of sp³-hybridized carbons (Fsp3) is 0. The number of nitrogens with zero attached hydrogens (tertiary/aromatic N) is 1. The van der Waals surface area contributed by atoms with E-state index in [2.05, 4.69) is 34.2 Å². The van der Waals surface area contributed by atoms with Gasteiger partial charge in [0.25, 0.3) is 0 Å². The Hall–Kier alpha value is -1.09. The van der Waals surface area contributed by atoms with Crippen LogP contribution in [-0.2, 0) is 0 Å². The van der Waals surface area contributed by atoms with Crippen LogP contribution in [0.3, 0.4) is 0 Å². The summed E-state index contributed by atoms with van der Waals surface area (Å²) in [5.74, 6) is -0.00120. The minimum absolute atomic E-state index is 0.00120. The predicted molar refractivity (Wildman–Crippen MR) is 55.0 cm³/mol. The highest BCUT2D eigenvalue weighted by atomic mass is 79.9. The highest BCUT2D eigenvalue weighted by Gasteiger charge is 2.05. The zero-order chi connectivity index (χ0) is 9.14. The molecule has 0 amide bonds. The van der Waals surface area contributed by atoms with Crippen molar-refractivity contribution in [2.45, 2.75) is 0 Å². The van der Waals surface area contributed by atoms with Gasteiger partial charge in [0.1, 0.15) is 5.76 Å². The smallest absolute Gasteiger partial charge is 0.117 e. The number of hydrogen-bond donors (Lipinski definition) is 1. The molecular weight excluding hydrogens is 218 g/mol. The summed E-state index contributed by atoms with van der Waals surface area (Å²) in [4.78, 5) is 3.77. The molecule has 0 aliphatic carbocycles. The molecule has 0 saturated carbocycles. The second-order valence-corrected chi connectivity index (χ2v) is 3.10. The van der Waals surface area contributed by atoms with Gasteiger partial charge in [-0.1, -0.05) is 12.6 Å². The molecule has 0 saturated heterocycles. The van der Waals surface area contributed by atoms with E-state index in [-0.39, 0.29) is 5.76 Å². The molecule has 1 aromatic rings. The number of aliphatic imine (C=N–C) groups is 1. The van der Waals surface area contributed by atoms with E-state index in [1.807, 2.05) is 6.07 Å². The Balaban J connectivity index is 3.37. The summed E-state index contributed by atoms with van der Waals surface area (Å²) in [5, 5.41) is 9.16. The Morgan fingerprint density at radius 2 is 2.17 bits per heavy atom. The van der Waals surface area contributed by atoms with Crippen molar-refractivity contribution in [1.82, 2.24) is 0 Å². The fourth-order valence-corrected chi connectivity index (χ4v) is 1.40. The van der Waals surface area contributed by atoms with Gasteiger partial charge < -0.3 is 5.11 Å². The third-order valence-electron chi connectivity index (χ3n) is 1.46. The molecule has 0 heterocycles. The van der Waals surface area contributed by atoms with Gasteiger partial charge >= 0.3 is 0 Å². The van der Waals surface area contributed by atoms with Gasteiger partial charge in [-0.15, -0.1) is 0 Å². The van der Waals surface area contributed by atoms with Crippen molar-refractivity contribution in [1.29, 1.82) is 0 Å². The summed E-state index contributed by atoms with van der Waals surface area (Å²) < 4.78 is 0.796. The standard InChI is InChI=1S/C9H8BrNO/c1-6(12)7-4-3-5-8(10)9(7)11-2/h3-5,12H,1-2H2. The SMILES string of the molecule is C=Nc1c(Br)cccc1C(=C)O. The van der Waals surface area contributed by atoms with Gasteiger partial charge in [0.2, 0.25) is 0 Å². The largest absolute Gasteiger partial charge is 0.508 e. The van der Waals surface area contributed by atoms with Crippen LogP contribution < -0.4 is 0 Å². The Morgan fingerprint density at radius 1 is 1.50 bits per heavy atom. The van der Waals surface area contributed by atoms with E-state index in [0.29, 0.717) is 11.3 Å². The number of rotatable bonds is 2. The second kappa shape index (κ2) is 3.54. The van der Waals surface area contributed by atoms with Crippen molar-refractivity contribution < 1.29 is 5.11 Å². The molecule has 0 unspecified atom stereocenters. The Labute approximate surface area is 79.4 Å². The first-order chi connectivity index (χ1) is 5.66. The molecule has 1 aromatic carbocycles. The van der Waals surface area contributed by atoms with Gasteiger partial charge in [-0.3, -0.25) is 4.99 Å². The lowest BCUT2D eigenvalue weighted by molar-refractivity contribution is 0.514. The van der Waals surface area contributed by atoms with Crippen LogP contribution in [-0.4, -0.2) is 11.8 Å². The average molecular weight is 226 g/mol. The van der Waals surface area contributed by atoms with Crippen LogP contribution >= 0.6 is 15.9 Å². The monoisotopic (exact) mass is 225 g/mol. The highest BCUT2D eigenvalue weighted by Crippen LogP contribution is 2.31. The van der Waals surface area contributed by atoms with Crippen molar-refractivity contribution in [3.63, 3.8) is 0 Å². The van der Waals surface area contributed by atoms with Crippen LogP contribution in [0.1, 0.15) is 5.56 Å². The van der Waals surface area contributed by atoms with Gasteiger partial charge in [-0.25, -0.2) is 0 Å². The van der Waals surface area contributed by atoms with E-state index >= 15 is 0 Å². The van der Waals surface area contributed by atoms with Crippen molar-refractivity contribution >= 4 is 34.1 Å². The van der Waals surface area contributed by atoms with Gasteiger partial charge in [0.05, 0.1) is 5.69 Å². The topological polar surface area (TPSA) is 32.6 Å². The van der Waals surface area contributed by atoms with Gasteiger partial charge in [0.15, 0.2) is 0 Å². The van der Waals surface area contributed by atoms with Crippen LogP contribution in [0.4, 0.5) is 5.69 Å². The highest BCUT2D eigenvalue weighted by molar-refractivity contribution is 9.10. The third kappa shape index (κ3) is 1.56. The Morgan fingerprint density at radius 3 is 2.58 bits per heavy atom. The van der Waals surface area contributed by atoms with Crippen molar-refractivity contribution in [2.24, 2.45) is 4.99 Å². The number of aliphatic hydroxyl groups is 1. The first kappa shape index (κ1) is 9.00. The molecule has 1 rings (SSSR count). The summed E-state index contributed by atoms with van der Waals surface area (Å²) in [6.45, 7) is 6.82. The van der Waals surface area contributed by atoms with Crippen LogP contribution in [0, 0.1) is 0 Å². The molecule has 0 spiro atoms. The molecule has 2 nitrogen and oxygen atoms in total. The minimum atomic E-state index is -0.00120. The van der Waals surface area contributed by atoms with Crippen molar-refractivity contribution in [2.75, 3.05) is 0 Å². The Bertz CT molecular complexity index is 333. The summed E-state index contributed by atoms with van der Waals surface area (Å²) in [6.07, 6.45) is 0. The summed E-state index contributed by atoms with van der Waals surface area (Å²) in [7, 11) is 0. The molecule has 0 aliphatic heterocycles. The third-order valence-corrected chi connectivity index (χ3v) is 2.10. The van der Waals surface area contributed by atoms with Crippen LogP contribution in [0.2, 0.25) is 0 Å². The van der Waals surface area contributed by atoms with Crippen LogP contribution in [0.25, 0.3) is 5.76 Å². The van der Waals surface area contributed by atoms with E-state index in [1.54, 1.807) is 12.1 Å². The number of aliphatic hydroxyl groups excluding tert-OH is 1. The molecule has 0 bridgehead atoms. The maximum Gasteiger partial charge on any atom is 0.117 e. The zero-order valence-electron chi connectivity index (χ0n) is 6.42. The van der Waals surface area contributed by atoms with Gasteiger partial charge in [0, 0.05) is 10.0 Å². The normalized spacial score (nSPS) is 9.42. The minimum Gasteiger partial charge on any atom is -0.508 e. The number of halogens is 1. The van der Waals surface area contributed by atoms with Crippen LogP contribution in [0.15, 0.2) is 34.2 Å². The number of hydrogen-bond acceptors (Lipinski definition) is 2. The van der Waals surface area contributed by atoms with E-state index in [4.69, 9.17) is 5.11 Å². The van der Waals surface area contributed by atoms with E-state index < -0.39 is 0 Å². The first-order valence-electron chi connectivity index (χ1n) is 3.30. The zero-order valence-corrected chi connectivity index (χ0v) is 8.00. The molecule has 12 heavy (non-hydrogen) atoms. The van der Waals surface area contributed by atoms with E-state index in [9.17, 15) is 0 Å². The number of benzene rings is 1. The quantitative estimate of drug-likeness (QED) is 0.608. The average Bonchev–Trinajstić information content (AvgIpc) is 2.03. The van der Waals surface area contributed by atoms with Gasteiger partial charge in [-0.2, -0.15) is 0 Å². The van der Waals surface area contributed by atoms with Crippen molar-refractivity contribution in [3.05, 3.63) is 34.8 Å². The summed E-state index contributed by atoms with van der Waals surface area (Å²) >= 11 is 3.29. The van der Waals surface area contributed by atoms with E-state index in [1.165, 1.54) is 0 Å². The summed E-state index contributed by atoms with van der Waals surface area (Å²) in [5.41, 5.74) is 1.21. The second-order valence-electron chi connectivity index (χ2n) is 2.24. The predicted octanol–water partition coefficient (Wildman–Crippen LogP) is 3.31.